The van der Waals surface area contributed by atoms with E-state index >= 15 is 0 Å². The highest BCUT2D eigenvalue weighted by Gasteiger charge is 2.39. The number of carbonyl (C=O) groups is 2. The molecule has 6 nitrogen and oxygen atoms in total. The number of rotatable bonds is 8. The van der Waals surface area contributed by atoms with Crippen molar-refractivity contribution in [2.75, 3.05) is 13.6 Å². The number of benzene rings is 2. The van der Waals surface area contributed by atoms with Gasteiger partial charge in [0.2, 0.25) is 5.91 Å². The van der Waals surface area contributed by atoms with Gasteiger partial charge < -0.3 is 19.0 Å². The molecule has 1 aliphatic carbocycles. The van der Waals surface area contributed by atoms with E-state index in [1.54, 1.807) is 18.2 Å². The minimum absolute atomic E-state index is 0.0904. The van der Waals surface area contributed by atoms with Gasteiger partial charge in [-0.15, -0.1) is 0 Å². The molecule has 1 saturated carbocycles. The van der Waals surface area contributed by atoms with Crippen molar-refractivity contribution in [3.05, 3.63) is 88.9 Å². The lowest BCUT2D eigenvalue weighted by molar-refractivity contribution is -0.138. The van der Waals surface area contributed by atoms with Gasteiger partial charge in [-0.05, 0) is 73.6 Å². The molecule has 2 amide bonds. The average Bonchev–Trinajstić information content (AvgIpc) is 3.62. The fourth-order valence-corrected chi connectivity index (χ4v) is 5.10. The second kappa shape index (κ2) is 10.2. The van der Waals surface area contributed by atoms with Crippen LogP contribution in [0.4, 0.5) is 0 Å². The fraction of sp³-hybridized carbons (Fsp3) is 0.400. The minimum atomic E-state index is -0.603. The number of hydrogen-bond acceptors (Lipinski definition) is 4. The summed E-state index contributed by atoms with van der Waals surface area (Å²) >= 11 is 0. The van der Waals surface area contributed by atoms with Crippen molar-refractivity contribution in [1.82, 2.24) is 9.80 Å². The van der Waals surface area contributed by atoms with E-state index in [-0.39, 0.29) is 23.8 Å². The van der Waals surface area contributed by atoms with Crippen LogP contribution >= 0.6 is 0 Å². The molecule has 0 unspecified atom stereocenters. The molecule has 0 spiro atoms. The van der Waals surface area contributed by atoms with Gasteiger partial charge in [0.25, 0.3) is 5.91 Å². The molecule has 0 N–H and O–H groups in total. The molecule has 2 heterocycles. The Morgan fingerprint density at radius 2 is 1.97 bits per heavy atom. The molecule has 2 atom stereocenters. The Kier molecular flexibility index (Phi) is 6.86. The third kappa shape index (κ3) is 5.03. The van der Waals surface area contributed by atoms with Crippen LogP contribution in [0.15, 0.2) is 65.3 Å². The summed E-state index contributed by atoms with van der Waals surface area (Å²) in [6.45, 7) is 5.14. The van der Waals surface area contributed by atoms with Crippen LogP contribution in [-0.4, -0.2) is 41.3 Å². The number of amides is 2. The van der Waals surface area contributed by atoms with Gasteiger partial charge in [0.1, 0.15) is 11.5 Å². The normalized spacial score (nSPS) is 17.9. The molecule has 1 fully saturated rings. The van der Waals surface area contributed by atoms with Gasteiger partial charge in [0.05, 0.1) is 18.8 Å². The third-order valence-corrected chi connectivity index (χ3v) is 7.19. The molecule has 0 saturated heterocycles. The van der Waals surface area contributed by atoms with E-state index < -0.39 is 6.10 Å². The maximum absolute atomic E-state index is 13.3. The van der Waals surface area contributed by atoms with Crippen LogP contribution in [-0.2, 0) is 22.6 Å². The Labute approximate surface area is 212 Å². The second-order valence-electron chi connectivity index (χ2n) is 10.0. The fourth-order valence-electron chi connectivity index (χ4n) is 5.10. The summed E-state index contributed by atoms with van der Waals surface area (Å²) in [5.74, 6) is 1.70. The molecule has 0 radical (unpaired) electrons. The van der Waals surface area contributed by atoms with Crippen LogP contribution in [0.2, 0.25) is 0 Å². The van der Waals surface area contributed by atoms with Gasteiger partial charge in [-0.3, -0.25) is 9.59 Å². The lowest BCUT2D eigenvalue weighted by atomic mass is 9.87. The molecule has 1 aromatic heterocycles. The Balaban J connectivity index is 1.42. The molecule has 2 aromatic carbocycles. The van der Waals surface area contributed by atoms with Crippen LogP contribution < -0.4 is 4.74 Å². The molecular formula is C30H34N2O4. The number of nitrogens with zero attached hydrogens (tertiary/aromatic N) is 2. The van der Waals surface area contributed by atoms with Crippen LogP contribution in [0.25, 0.3) is 0 Å². The van der Waals surface area contributed by atoms with E-state index in [0.717, 1.165) is 42.7 Å². The molecule has 0 bridgehead atoms. The Morgan fingerprint density at radius 3 is 2.67 bits per heavy atom. The topological polar surface area (TPSA) is 63.0 Å². The van der Waals surface area contributed by atoms with Gasteiger partial charge in [-0.25, -0.2) is 0 Å². The largest absolute Gasteiger partial charge is 0.481 e. The number of hydrogen-bond donors (Lipinski definition) is 0. The summed E-state index contributed by atoms with van der Waals surface area (Å²) < 4.78 is 11.7. The van der Waals surface area contributed by atoms with Crippen molar-refractivity contribution >= 4 is 11.8 Å². The number of ether oxygens (including phenoxy) is 1. The van der Waals surface area contributed by atoms with Crippen LogP contribution in [0.3, 0.4) is 0 Å². The summed E-state index contributed by atoms with van der Waals surface area (Å²) in [5.41, 5.74) is 4.60. The van der Waals surface area contributed by atoms with E-state index in [1.807, 2.05) is 31.2 Å². The van der Waals surface area contributed by atoms with Gasteiger partial charge in [-0.2, -0.15) is 0 Å². The molecular weight excluding hydrogens is 452 g/mol. The zero-order valence-electron chi connectivity index (χ0n) is 21.3. The first kappa shape index (κ1) is 24.2. The predicted octanol–water partition coefficient (Wildman–Crippen LogP) is 5.29. The van der Waals surface area contributed by atoms with Gasteiger partial charge >= 0.3 is 0 Å². The lowest BCUT2D eigenvalue weighted by Gasteiger charge is -2.38. The molecule has 3 aromatic rings. The van der Waals surface area contributed by atoms with Crippen LogP contribution in [0.1, 0.15) is 60.2 Å². The highest BCUT2D eigenvalue weighted by Crippen LogP contribution is 2.41. The molecule has 2 aliphatic rings. The van der Waals surface area contributed by atoms with Gasteiger partial charge in [-0.1, -0.05) is 42.8 Å². The molecule has 6 heteroatoms. The van der Waals surface area contributed by atoms with Crippen LogP contribution in [0, 0.1) is 12.8 Å². The standard InChI is InChI=1S/C30H34N2O4/c1-4-27(30(34)31(3)19-25-9-6-16-35-25)36-24-13-12-21-14-15-32(29(33)22-10-11-22)28(26(21)18-24)23-8-5-7-20(2)17-23/h5-9,12-13,16-18,22,27-28H,4,10-11,14-15,19H2,1-3H3/t27-,28-/m0/s1. The first-order chi connectivity index (χ1) is 17.4. The van der Waals surface area contributed by atoms with Gasteiger partial charge in [0, 0.05) is 19.5 Å². The molecule has 5 rings (SSSR count). The molecule has 1 aliphatic heterocycles. The van der Waals surface area contributed by atoms with E-state index in [2.05, 4.69) is 42.2 Å². The van der Waals surface area contributed by atoms with Crippen LogP contribution in [0.5, 0.6) is 5.75 Å². The van der Waals surface area contributed by atoms with Crippen molar-refractivity contribution in [2.45, 2.75) is 58.2 Å². The first-order valence-electron chi connectivity index (χ1n) is 12.9. The van der Waals surface area contributed by atoms with Crippen molar-refractivity contribution in [2.24, 2.45) is 5.92 Å². The summed E-state index contributed by atoms with van der Waals surface area (Å²) in [6.07, 6.45) is 4.34. The van der Waals surface area contributed by atoms with E-state index in [4.69, 9.17) is 9.15 Å². The zero-order valence-corrected chi connectivity index (χ0v) is 21.3. The number of furan rings is 1. The average molecular weight is 487 g/mol. The SMILES string of the molecule is CC[C@H](Oc1ccc2c(c1)[C@H](c1cccc(C)c1)N(C(=O)C1CC1)CC2)C(=O)N(C)Cc1ccco1. The predicted molar refractivity (Wildman–Crippen MR) is 137 cm³/mol. The van der Waals surface area contributed by atoms with E-state index in [9.17, 15) is 9.59 Å². The quantitative estimate of drug-likeness (QED) is 0.434. The number of fused-ring (bicyclic) bond motifs is 1. The summed E-state index contributed by atoms with van der Waals surface area (Å²) in [5, 5.41) is 0. The summed E-state index contributed by atoms with van der Waals surface area (Å²) in [7, 11) is 1.76. The lowest BCUT2D eigenvalue weighted by Crippen LogP contribution is -2.41. The van der Waals surface area contributed by atoms with Crippen molar-refractivity contribution in [3.63, 3.8) is 0 Å². The maximum Gasteiger partial charge on any atom is 0.263 e. The Hall–Kier alpha value is -3.54. The molecule has 188 valence electrons. The second-order valence-corrected chi connectivity index (χ2v) is 10.0. The monoisotopic (exact) mass is 486 g/mol. The van der Waals surface area contributed by atoms with E-state index in [1.165, 1.54) is 11.1 Å². The third-order valence-electron chi connectivity index (χ3n) is 7.19. The van der Waals surface area contributed by atoms with E-state index in [0.29, 0.717) is 18.7 Å². The molecule has 36 heavy (non-hydrogen) atoms. The summed E-state index contributed by atoms with van der Waals surface area (Å²) in [4.78, 5) is 30.1. The van der Waals surface area contributed by atoms with Crippen molar-refractivity contribution in [1.29, 1.82) is 0 Å². The summed E-state index contributed by atoms with van der Waals surface area (Å²) in [6, 6.07) is 18.0. The highest BCUT2D eigenvalue weighted by atomic mass is 16.5. The Bertz CT molecular complexity index is 1230. The minimum Gasteiger partial charge on any atom is -0.481 e. The van der Waals surface area contributed by atoms with Gasteiger partial charge in [0.15, 0.2) is 6.10 Å². The smallest absolute Gasteiger partial charge is 0.263 e. The highest BCUT2D eigenvalue weighted by molar-refractivity contribution is 5.82. The maximum atomic E-state index is 13.3. The van der Waals surface area contributed by atoms with Crippen molar-refractivity contribution < 1.29 is 18.7 Å². The number of aryl methyl sites for hydroxylation is 1. The first-order valence-corrected chi connectivity index (χ1v) is 12.9. The number of likely N-dealkylation sites (N-methyl/N-ethyl adjacent to an activating group) is 1. The number of carbonyl (C=O) groups excluding carboxylic acids is 2. The zero-order chi connectivity index (χ0) is 25.2. The van der Waals surface area contributed by atoms with Crippen molar-refractivity contribution in [3.8, 4) is 5.75 Å². The Morgan fingerprint density at radius 1 is 1.14 bits per heavy atom.